The van der Waals surface area contributed by atoms with Gasteiger partial charge in [-0.25, -0.2) is 4.79 Å². The SMILES string of the molecule is O=c1n2c3c(c4c2n2c5c(c6c(n15)C1CC5CC7CC6CC75C1)B1OC5=C(c6cc7c(c-2c61)B4OC1=C7C2CC4CC6CC1CC64C2)C1CC2CC4CC5CC42C1)C1CC2CC4CC3CC24C1. The fourth-order valence-electron chi connectivity index (χ4n) is 27.6. The summed E-state index contributed by atoms with van der Waals surface area (Å²) in [7, 11) is 0. The summed E-state index contributed by atoms with van der Waals surface area (Å²) in [5.74, 6) is 14.5. The van der Waals surface area contributed by atoms with Gasteiger partial charge in [-0.3, -0.25) is 13.4 Å². The van der Waals surface area contributed by atoms with Gasteiger partial charge in [-0.15, -0.1) is 0 Å². The Labute approximate surface area is 391 Å². The number of allylic oxidation sites excluding steroid dienone is 4. The highest BCUT2D eigenvalue weighted by molar-refractivity contribution is 6.89. The van der Waals surface area contributed by atoms with Gasteiger partial charge >= 0.3 is 19.5 Å². The van der Waals surface area contributed by atoms with Gasteiger partial charge < -0.3 is 9.31 Å². The molecule has 1 aromatic carbocycles. The number of hydrogen-bond donors (Lipinski definition) is 0. The summed E-state index contributed by atoms with van der Waals surface area (Å²) in [6.07, 6.45) is 27.5. The van der Waals surface area contributed by atoms with E-state index in [1.165, 1.54) is 190 Å². The lowest BCUT2D eigenvalue weighted by atomic mass is 9.43. The largest absolute Gasteiger partial charge is 0.554 e. The molecular weight excluding hydrogens is 820 g/mol. The highest BCUT2D eigenvalue weighted by Gasteiger charge is 2.73. The number of benzene rings is 1. The first-order valence-electron chi connectivity index (χ1n) is 28.8. The zero-order valence-corrected chi connectivity index (χ0v) is 38.7. The third-order valence-electron chi connectivity index (χ3n) is 29.1. The van der Waals surface area contributed by atoms with Crippen LogP contribution in [0.1, 0.15) is 186 Å². The fraction of sp³-hybridized carbons (Fsp3) is 0.678. The van der Waals surface area contributed by atoms with E-state index in [2.05, 4.69) is 19.4 Å². The zero-order chi connectivity index (χ0) is 41.8. The molecule has 8 heteroatoms. The van der Waals surface area contributed by atoms with Crippen LogP contribution in [0.25, 0.3) is 28.1 Å². The number of fused-ring (bicyclic) bond motifs is 26. The maximum Gasteiger partial charge on any atom is 0.433 e. The molecule has 12 fully saturated rings. The van der Waals surface area contributed by atoms with Crippen molar-refractivity contribution in [2.75, 3.05) is 0 Å². The highest BCUT2D eigenvalue weighted by Crippen LogP contribution is 2.80. The Morgan fingerprint density at radius 1 is 0.433 bits per heavy atom. The van der Waals surface area contributed by atoms with Gasteiger partial charge in [-0.1, -0.05) is 0 Å². The average molecular weight is 878 g/mol. The maximum atomic E-state index is 16.8. The Kier molecular flexibility index (Phi) is 4.53. The number of aromatic nitrogens is 3. The van der Waals surface area contributed by atoms with Crippen LogP contribution in [0.15, 0.2) is 22.4 Å². The monoisotopic (exact) mass is 877 g/mol. The van der Waals surface area contributed by atoms with Gasteiger partial charge in [0.15, 0.2) is 0 Å². The standard InChI is InChI=1S/C59H57B2N3O3/c65-55-63-48-26-5-34-9-32-3-24(16-56(32,34)18-26)42(48)46-53(63)62-50-44-38(40-22-1-30-11-36-7-28(20-58(30,36)14-22)51(40)66-60(44)46)13-39-41-23-2-31-12-37-8-29(21-59(31,37)15-23)52(41)67-61(45(39)50)47-43-25-4-33-10-35-6-27(19-57(33,35)17-25)49(43)64(55)54(47)62/h13,22-37H,1-12,14-21H2. The summed E-state index contributed by atoms with van der Waals surface area (Å²) in [6, 6.07) is 2.92. The van der Waals surface area contributed by atoms with Gasteiger partial charge in [0.25, 0.3) is 0 Å². The van der Waals surface area contributed by atoms with E-state index >= 15 is 4.79 Å². The van der Waals surface area contributed by atoms with Gasteiger partial charge in [0.2, 0.25) is 0 Å². The topological polar surface area (TPSA) is 49.3 Å². The van der Waals surface area contributed by atoms with Crippen molar-refractivity contribution in [3.63, 3.8) is 0 Å². The number of rotatable bonds is 0. The van der Waals surface area contributed by atoms with E-state index in [4.69, 9.17) is 9.31 Å². The van der Waals surface area contributed by atoms with Crippen molar-refractivity contribution in [2.24, 2.45) is 92.7 Å². The van der Waals surface area contributed by atoms with Crippen LogP contribution in [-0.2, 0) is 9.31 Å². The first kappa shape index (κ1) is 33.1. The van der Waals surface area contributed by atoms with E-state index in [0.29, 0.717) is 74.7 Å². The zero-order valence-electron chi connectivity index (χ0n) is 38.7. The molecule has 4 spiro atoms. The second-order valence-corrected chi connectivity index (χ2v) is 29.6. The second kappa shape index (κ2) is 9.16. The van der Waals surface area contributed by atoms with Crippen LogP contribution in [0.5, 0.6) is 0 Å². The molecule has 20 atom stereocenters. The third-order valence-corrected chi connectivity index (χ3v) is 29.1. The molecule has 0 amide bonds. The molecule has 20 unspecified atom stereocenters. The molecular formula is C59H57B2N3O3. The van der Waals surface area contributed by atoms with E-state index in [1.54, 1.807) is 33.4 Å². The lowest BCUT2D eigenvalue weighted by molar-refractivity contribution is 0.00283. The van der Waals surface area contributed by atoms with Gasteiger partial charge in [0.05, 0.1) is 11.5 Å². The quantitative estimate of drug-likeness (QED) is 0.167. The maximum absolute atomic E-state index is 16.8. The van der Waals surface area contributed by atoms with E-state index in [0.717, 1.165) is 47.3 Å². The van der Waals surface area contributed by atoms with Crippen LogP contribution >= 0.6 is 0 Å². The summed E-state index contributed by atoms with van der Waals surface area (Å²) in [5.41, 5.74) is 25.2. The van der Waals surface area contributed by atoms with Crippen molar-refractivity contribution < 1.29 is 9.31 Å². The molecule has 24 rings (SSSR count). The van der Waals surface area contributed by atoms with Crippen molar-refractivity contribution >= 4 is 58.1 Å². The molecule has 20 aliphatic rings. The highest BCUT2D eigenvalue weighted by atomic mass is 16.4. The second-order valence-electron chi connectivity index (χ2n) is 29.6. The average Bonchev–Trinajstić information content (AvgIpc) is 4.21. The lowest BCUT2D eigenvalue weighted by Crippen LogP contribution is -2.63. The summed E-state index contributed by atoms with van der Waals surface area (Å²) in [4.78, 5) is 16.8. The molecule has 12 bridgehead atoms. The summed E-state index contributed by atoms with van der Waals surface area (Å²) in [5, 5.41) is 0. The van der Waals surface area contributed by atoms with E-state index < -0.39 is 0 Å². The Hall–Kier alpha value is -3.54. The lowest BCUT2D eigenvalue weighted by Gasteiger charge is -2.48. The Morgan fingerprint density at radius 3 is 1.24 bits per heavy atom. The molecule has 4 aromatic rings. The Balaban J connectivity index is 0.900. The van der Waals surface area contributed by atoms with E-state index in [-0.39, 0.29) is 13.8 Å². The Bertz CT molecular complexity index is 3350. The Morgan fingerprint density at radius 2 is 0.791 bits per heavy atom. The fourth-order valence-corrected chi connectivity index (χ4v) is 27.6. The molecule has 332 valence electrons. The molecule has 0 N–H and O–H groups in total. The summed E-state index contributed by atoms with van der Waals surface area (Å²) < 4.78 is 24.3. The predicted octanol–water partition coefficient (Wildman–Crippen LogP) is 8.36. The molecule has 4 aliphatic heterocycles. The van der Waals surface area contributed by atoms with Gasteiger partial charge in [-0.2, -0.15) is 0 Å². The van der Waals surface area contributed by atoms with Gasteiger partial charge in [0, 0.05) is 62.6 Å². The van der Waals surface area contributed by atoms with Crippen LogP contribution in [0.3, 0.4) is 0 Å². The molecule has 7 heterocycles. The van der Waals surface area contributed by atoms with Crippen molar-refractivity contribution in [3.8, 4) is 5.69 Å². The smallest absolute Gasteiger partial charge is 0.433 e. The summed E-state index contributed by atoms with van der Waals surface area (Å²) in [6.45, 7) is -0.258. The van der Waals surface area contributed by atoms with Gasteiger partial charge in [-0.05, 0) is 261 Å². The molecule has 0 saturated heterocycles. The third kappa shape index (κ3) is 2.82. The minimum atomic E-state index is -0.129. The first-order chi connectivity index (χ1) is 32.9. The van der Waals surface area contributed by atoms with Gasteiger partial charge in [0.1, 0.15) is 11.3 Å². The molecule has 0 radical (unpaired) electrons. The van der Waals surface area contributed by atoms with Crippen LogP contribution in [0.4, 0.5) is 0 Å². The number of nitrogens with zero attached hydrogens (tertiary/aromatic N) is 3. The van der Waals surface area contributed by atoms with Crippen molar-refractivity contribution in [3.05, 3.63) is 61.7 Å². The molecule has 67 heavy (non-hydrogen) atoms. The minimum absolute atomic E-state index is 0.129. The first-order valence-corrected chi connectivity index (χ1v) is 28.8. The predicted molar refractivity (Wildman–Crippen MR) is 255 cm³/mol. The van der Waals surface area contributed by atoms with Crippen LogP contribution in [-0.4, -0.2) is 27.2 Å². The summed E-state index contributed by atoms with van der Waals surface area (Å²) >= 11 is 0. The van der Waals surface area contributed by atoms with E-state index in [1.807, 2.05) is 0 Å². The van der Waals surface area contributed by atoms with E-state index in [9.17, 15) is 0 Å². The van der Waals surface area contributed by atoms with Crippen LogP contribution in [0, 0.1) is 92.7 Å². The van der Waals surface area contributed by atoms with Crippen molar-refractivity contribution in [2.45, 2.75) is 152 Å². The van der Waals surface area contributed by atoms with Crippen LogP contribution in [0.2, 0.25) is 0 Å². The molecule has 16 aliphatic carbocycles. The number of hydrogen-bond acceptors (Lipinski definition) is 3. The molecule has 3 aromatic heterocycles. The molecule has 6 nitrogen and oxygen atoms in total. The van der Waals surface area contributed by atoms with Crippen LogP contribution < -0.4 is 27.5 Å². The van der Waals surface area contributed by atoms with Crippen molar-refractivity contribution in [1.82, 2.24) is 13.4 Å². The van der Waals surface area contributed by atoms with Crippen molar-refractivity contribution in [1.29, 1.82) is 0 Å². The normalized spacial score (nSPS) is 52.8. The molecule has 12 saturated carbocycles. The minimum Gasteiger partial charge on any atom is -0.554 e.